The van der Waals surface area contributed by atoms with Crippen LogP contribution in [0.1, 0.15) is 6.42 Å². The molecule has 1 aromatic rings. The molecule has 1 amide bonds. The predicted octanol–water partition coefficient (Wildman–Crippen LogP) is 2.36. The van der Waals surface area contributed by atoms with E-state index < -0.39 is 5.82 Å². The molecule has 1 atom stereocenters. The van der Waals surface area contributed by atoms with E-state index in [1.807, 2.05) is 6.07 Å². The zero-order valence-electron chi connectivity index (χ0n) is 8.28. The van der Waals surface area contributed by atoms with Gasteiger partial charge in [0.25, 0.3) is 0 Å². The highest BCUT2D eigenvalue weighted by Gasteiger charge is 2.31. The fraction of sp³-hybridized carbons (Fsp3) is 0.273. The number of halogens is 2. The van der Waals surface area contributed by atoms with Crippen molar-refractivity contribution in [2.45, 2.75) is 6.42 Å². The van der Waals surface area contributed by atoms with Crippen LogP contribution in [0, 0.1) is 23.1 Å². The van der Waals surface area contributed by atoms with Crippen LogP contribution in [0.25, 0.3) is 0 Å². The zero-order chi connectivity index (χ0) is 11.7. The molecule has 0 N–H and O–H groups in total. The maximum atomic E-state index is 12.8. The first-order valence-electron chi connectivity index (χ1n) is 4.77. The molecule has 1 unspecified atom stereocenters. The maximum Gasteiger partial charge on any atom is 0.228 e. The van der Waals surface area contributed by atoms with Gasteiger partial charge in [-0.2, -0.15) is 5.26 Å². The second-order valence-electron chi connectivity index (χ2n) is 3.63. The molecule has 0 aromatic heterocycles. The highest BCUT2D eigenvalue weighted by Crippen LogP contribution is 2.31. The number of rotatable bonds is 1. The number of carbonyl (C=O) groups excluding carboxylic acids is 1. The second-order valence-corrected chi connectivity index (χ2v) is 4.04. The van der Waals surface area contributed by atoms with Crippen LogP contribution in [0.2, 0.25) is 5.02 Å². The third-order valence-corrected chi connectivity index (χ3v) is 2.81. The molecule has 0 spiro atoms. The molecule has 1 heterocycles. The van der Waals surface area contributed by atoms with Gasteiger partial charge in [0.1, 0.15) is 5.82 Å². The molecule has 0 saturated carbocycles. The van der Waals surface area contributed by atoms with Crippen LogP contribution >= 0.6 is 11.6 Å². The Bertz CT molecular complexity index is 483. The number of nitrogens with zero attached hydrogens (tertiary/aromatic N) is 2. The van der Waals surface area contributed by atoms with E-state index in [-0.39, 0.29) is 23.3 Å². The van der Waals surface area contributed by atoms with E-state index in [0.717, 1.165) is 6.07 Å². The smallest absolute Gasteiger partial charge is 0.228 e. The van der Waals surface area contributed by atoms with E-state index >= 15 is 0 Å². The molecule has 1 aromatic carbocycles. The number of anilines is 1. The Labute approximate surface area is 97.0 Å². The van der Waals surface area contributed by atoms with Crippen LogP contribution < -0.4 is 4.90 Å². The fourth-order valence-corrected chi connectivity index (χ4v) is 2.00. The molecule has 1 saturated heterocycles. The topological polar surface area (TPSA) is 44.1 Å². The van der Waals surface area contributed by atoms with Crippen LogP contribution in [-0.4, -0.2) is 12.5 Å². The number of nitriles is 1. The lowest BCUT2D eigenvalue weighted by Gasteiger charge is -2.17. The van der Waals surface area contributed by atoms with Crippen molar-refractivity contribution in [1.82, 2.24) is 0 Å². The largest absolute Gasteiger partial charge is 0.310 e. The van der Waals surface area contributed by atoms with Crippen molar-refractivity contribution in [3.05, 3.63) is 29.0 Å². The summed E-state index contributed by atoms with van der Waals surface area (Å²) in [6.45, 7) is 0.320. The number of benzene rings is 1. The molecule has 2 rings (SSSR count). The van der Waals surface area contributed by atoms with Gasteiger partial charge >= 0.3 is 0 Å². The molecule has 3 nitrogen and oxygen atoms in total. The average molecular weight is 239 g/mol. The van der Waals surface area contributed by atoms with Crippen LogP contribution in [0.4, 0.5) is 10.1 Å². The Morgan fingerprint density at radius 3 is 2.88 bits per heavy atom. The Balaban J connectivity index is 2.32. The first-order valence-corrected chi connectivity index (χ1v) is 5.14. The summed E-state index contributed by atoms with van der Waals surface area (Å²) < 4.78 is 12.8. The molecular formula is C11H8ClFN2O. The third kappa shape index (κ3) is 1.86. The molecule has 82 valence electrons. The Hall–Kier alpha value is -1.60. The summed E-state index contributed by atoms with van der Waals surface area (Å²) in [7, 11) is 0. The highest BCUT2D eigenvalue weighted by molar-refractivity contribution is 6.33. The number of hydrogen-bond donors (Lipinski definition) is 0. The summed E-state index contributed by atoms with van der Waals surface area (Å²) in [6.07, 6.45) is 0.199. The molecule has 1 aliphatic rings. The maximum absolute atomic E-state index is 12.8. The van der Waals surface area contributed by atoms with Gasteiger partial charge in [-0.3, -0.25) is 4.79 Å². The van der Waals surface area contributed by atoms with Gasteiger partial charge in [0.2, 0.25) is 5.91 Å². The van der Waals surface area contributed by atoms with E-state index in [1.54, 1.807) is 0 Å². The van der Waals surface area contributed by atoms with E-state index in [2.05, 4.69) is 0 Å². The summed E-state index contributed by atoms with van der Waals surface area (Å²) in [5.41, 5.74) is 0.464. The molecular weight excluding hydrogens is 231 g/mol. The fourth-order valence-electron chi connectivity index (χ4n) is 1.73. The van der Waals surface area contributed by atoms with Gasteiger partial charge < -0.3 is 4.90 Å². The van der Waals surface area contributed by atoms with Crippen molar-refractivity contribution in [3.63, 3.8) is 0 Å². The Kier molecular flexibility index (Phi) is 2.80. The summed E-state index contributed by atoms with van der Waals surface area (Å²) >= 11 is 5.85. The zero-order valence-corrected chi connectivity index (χ0v) is 9.04. The van der Waals surface area contributed by atoms with Crippen molar-refractivity contribution in [3.8, 4) is 6.07 Å². The predicted molar refractivity (Wildman–Crippen MR) is 57.5 cm³/mol. The summed E-state index contributed by atoms with van der Waals surface area (Å²) in [6, 6.07) is 5.90. The minimum atomic E-state index is -0.447. The number of carbonyl (C=O) groups is 1. The van der Waals surface area contributed by atoms with Gasteiger partial charge in [-0.25, -0.2) is 4.39 Å². The van der Waals surface area contributed by atoms with E-state index in [1.165, 1.54) is 17.0 Å². The number of amides is 1. The van der Waals surface area contributed by atoms with Crippen molar-refractivity contribution in [2.24, 2.45) is 5.92 Å². The molecule has 0 aliphatic carbocycles. The minimum absolute atomic E-state index is 0.153. The lowest BCUT2D eigenvalue weighted by molar-refractivity contribution is -0.117. The van der Waals surface area contributed by atoms with Crippen molar-refractivity contribution in [2.75, 3.05) is 11.4 Å². The first kappa shape index (κ1) is 10.9. The lowest BCUT2D eigenvalue weighted by atomic mass is 10.1. The van der Waals surface area contributed by atoms with Gasteiger partial charge in [0.05, 0.1) is 22.7 Å². The van der Waals surface area contributed by atoms with Gasteiger partial charge in [-0.15, -0.1) is 0 Å². The van der Waals surface area contributed by atoms with Gasteiger partial charge in [-0.05, 0) is 18.2 Å². The van der Waals surface area contributed by atoms with Crippen molar-refractivity contribution < 1.29 is 9.18 Å². The van der Waals surface area contributed by atoms with E-state index in [0.29, 0.717) is 12.2 Å². The van der Waals surface area contributed by atoms with Crippen LogP contribution in [0.15, 0.2) is 18.2 Å². The van der Waals surface area contributed by atoms with Gasteiger partial charge in [0.15, 0.2) is 0 Å². The molecule has 0 bridgehead atoms. The van der Waals surface area contributed by atoms with Crippen LogP contribution in [0.5, 0.6) is 0 Å². The Morgan fingerprint density at radius 2 is 2.31 bits per heavy atom. The monoisotopic (exact) mass is 238 g/mol. The molecule has 16 heavy (non-hydrogen) atoms. The summed E-state index contributed by atoms with van der Waals surface area (Å²) in [5, 5.41) is 8.93. The molecule has 5 heteroatoms. The minimum Gasteiger partial charge on any atom is -0.310 e. The summed E-state index contributed by atoms with van der Waals surface area (Å²) in [5.74, 6) is -0.911. The standard InChI is InChI=1S/C11H8ClFN2O/c12-9-4-8(13)1-2-10(9)15-6-7(5-14)3-11(15)16/h1-2,4,7H,3,6H2. The van der Waals surface area contributed by atoms with Gasteiger partial charge in [-0.1, -0.05) is 11.6 Å². The van der Waals surface area contributed by atoms with E-state index in [4.69, 9.17) is 16.9 Å². The molecule has 1 aliphatic heterocycles. The lowest BCUT2D eigenvalue weighted by Crippen LogP contribution is -2.24. The number of hydrogen-bond acceptors (Lipinski definition) is 2. The van der Waals surface area contributed by atoms with E-state index in [9.17, 15) is 9.18 Å². The SMILES string of the molecule is N#CC1CC(=O)N(c2ccc(F)cc2Cl)C1. The summed E-state index contributed by atoms with van der Waals surface area (Å²) in [4.78, 5) is 13.0. The molecule has 0 radical (unpaired) electrons. The van der Waals surface area contributed by atoms with Crippen LogP contribution in [0.3, 0.4) is 0 Å². The van der Waals surface area contributed by atoms with Gasteiger partial charge in [0, 0.05) is 13.0 Å². The third-order valence-electron chi connectivity index (χ3n) is 2.51. The highest BCUT2D eigenvalue weighted by atomic mass is 35.5. The van der Waals surface area contributed by atoms with Crippen molar-refractivity contribution >= 4 is 23.2 Å². The second kappa shape index (κ2) is 4.11. The quantitative estimate of drug-likeness (QED) is 0.754. The first-order chi connectivity index (χ1) is 7.61. The Morgan fingerprint density at radius 1 is 1.56 bits per heavy atom. The van der Waals surface area contributed by atoms with Crippen molar-refractivity contribution in [1.29, 1.82) is 5.26 Å². The average Bonchev–Trinajstić information content (AvgIpc) is 2.60. The normalized spacial score (nSPS) is 19.9. The van der Waals surface area contributed by atoms with Crippen LogP contribution in [-0.2, 0) is 4.79 Å². The molecule has 1 fully saturated rings.